The van der Waals surface area contributed by atoms with Crippen molar-refractivity contribution in [2.75, 3.05) is 25.0 Å². The third kappa shape index (κ3) is 5.07. The highest BCUT2D eigenvalue weighted by molar-refractivity contribution is 6.33. The van der Waals surface area contributed by atoms with Crippen LogP contribution in [0.1, 0.15) is 36.5 Å². The van der Waals surface area contributed by atoms with E-state index in [1.807, 2.05) is 38.1 Å². The van der Waals surface area contributed by atoms with E-state index in [2.05, 4.69) is 28.2 Å². The van der Waals surface area contributed by atoms with Crippen LogP contribution < -0.4 is 10.9 Å². The van der Waals surface area contributed by atoms with Gasteiger partial charge in [-0.1, -0.05) is 42.8 Å². The molecule has 1 aliphatic rings. The molecule has 2 heterocycles. The van der Waals surface area contributed by atoms with E-state index in [1.54, 1.807) is 17.0 Å². The van der Waals surface area contributed by atoms with Crippen molar-refractivity contribution >= 4 is 34.2 Å². The van der Waals surface area contributed by atoms with Gasteiger partial charge in [-0.2, -0.15) is 0 Å². The smallest absolute Gasteiger partial charge is 0.321 e. The number of hydrogen-bond donors (Lipinski definition) is 2. The molecule has 1 atom stereocenters. The number of fused-ring (bicyclic) bond motifs is 1. The van der Waals surface area contributed by atoms with Crippen LogP contribution in [0.5, 0.6) is 0 Å². The Kier molecular flexibility index (Phi) is 7.05. The molecule has 0 saturated carbocycles. The minimum absolute atomic E-state index is 0.162. The third-order valence-corrected chi connectivity index (χ3v) is 7.06. The Morgan fingerprint density at radius 3 is 2.79 bits per heavy atom. The maximum Gasteiger partial charge on any atom is 0.322 e. The number of aryl methyl sites for hydroxylation is 2. The van der Waals surface area contributed by atoms with Crippen LogP contribution >= 0.6 is 11.6 Å². The number of halogens is 1. The normalized spacial score (nSPS) is 16.3. The summed E-state index contributed by atoms with van der Waals surface area (Å²) in [6.45, 7) is 8.94. The Morgan fingerprint density at radius 1 is 1.24 bits per heavy atom. The van der Waals surface area contributed by atoms with Crippen LogP contribution in [0.4, 0.5) is 10.5 Å². The Hall–Kier alpha value is -2.83. The number of likely N-dealkylation sites (N-methyl/N-ethyl adjacent to an activating group) is 1. The zero-order valence-electron chi connectivity index (χ0n) is 19.5. The average molecular weight is 467 g/mol. The summed E-state index contributed by atoms with van der Waals surface area (Å²) in [4.78, 5) is 33.5. The minimum atomic E-state index is -0.259. The standard InChI is InChI=1S/C26H31ClN4O2/c1-4-30-13-7-8-21(30)16-31(26(33)28-23-10-6-5-9-22(23)27)15-20-14-19-12-11-17(2)18(3)24(19)29-25(20)32/h5-6,9-12,14,21H,4,7-8,13,15-16H2,1-3H3,(H,28,33)(H,29,32). The SMILES string of the molecule is CCN1CCCC1CN(Cc1cc2ccc(C)c(C)c2[nH]c1=O)C(=O)Nc1ccccc1Cl. The molecule has 0 aliphatic carbocycles. The zero-order valence-corrected chi connectivity index (χ0v) is 20.2. The van der Waals surface area contributed by atoms with Crippen molar-refractivity contribution in [1.29, 1.82) is 0 Å². The van der Waals surface area contributed by atoms with Crippen molar-refractivity contribution in [2.24, 2.45) is 0 Å². The van der Waals surface area contributed by atoms with E-state index in [0.29, 0.717) is 22.8 Å². The van der Waals surface area contributed by atoms with Gasteiger partial charge in [0.2, 0.25) is 0 Å². The molecule has 1 unspecified atom stereocenters. The first-order chi connectivity index (χ1) is 15.9. The maximum absolute atomic E-state index is 13.4. The number of benzene rings is 2. The lowest BCUT2D eigenvalue weighted by molar-refractivity contribution is 0.174. The molecule has 6 nitrogen and oxygen atoms in total. The first kappa shape index (κ1) is 23.3. The highest BCUT2D eigenvalue weighted by atomic mass is 35.5. The predicted octanol–water partition coefficient (Wildman–Crippen LogP) is 5.32. The lowest BCUT2D eigenvalue weighted by atomic mass is 10.0. The zero-order chi connectivity index (χ0) is 23.5. The van der Waals surface area contributed by atoms with Crippen LogP contribution in [0, 0.1) is 13.8 Å². The first-order valence-electron chi connectivity index (χ1n) is 11.5. The van der Waals surface area contributed by atoms with Gasteiger partial charge >= 0.3 is 6.03 Å². The number of pyridine rings is 1. The van der Waals surface area contributed by atoms with Gasteiger partial charge < -0.3 is 15.2 Å². The summed E-state index contributed by atoms with van der Waals surface area (Å²) in [5, 5.41) is 4.39. The van der Waals surface area contributed by atoms with E-state index in [4.69, 9.17) is 11.6 Å². The monoisotopic (exact) mass is 466 g/mol. The number of carbonyl (C=O) groups is 1. The Labute approximate surface area is 199 Å². The highest BCUT2D eigenvalue weighted by Gasteiger charge is 2.28. The summed E-state index contributed by atoms with van der Waals surface area (Å²) >= 11 is 6.27. The summed E-state index contributed by atoms with van der Waals surface area (Å²) in [6, 6.07) is 13.2. The van der Waals surface area contributed by atoms with Gasteiger partial charge in [0.1, 0.15) is 0 Å². The molecule has 0 bridgehead atoms. The summed E-state index contributed by atoms with van der Waals surface area (Å²) in [6.07, 6.45) is 2.16. The van der Waals surface area contributed by atoms with Gasteiger partial charge in [0.15, 0.2) is 0 Å². The number of amides is 2. The van der Waals surface area contributed by atoms with Gasteiger partial charge in [-0.05, 0) is 74.5 Å². The van der Waals surface area contributed by atoms with Crippen LogP contribution in [0.25, 0.3) is 10.9 Å². The number of aromatic nitrogens is 1. The molecule has 1 fully saturated rings. The Balaban J connectivity index is 1.65. The second-order valence-electron chi connectivity index (χ2n) is 8.81. The fourth-order valence-electron chi connectivity index (χ4n) is 4.64. The maximum atomic E-state index is 13.4. The quantitative estimate of drug-likeness (QED) is 0.516. The van der Waals surface area contributed by atoms with Gasteiger partial charge in [-0.15, -0.1) is 0 Å². The molecule has 174 valence electrons. The molecule has 1 aromatic heterocycles. The topological polar surface area (TPSA) is 68.4 Å². The Bertz CT molecular complexity index is 1220. The number of carbonyl (C=O) groups excluding carboxylic acids is 1. The van der Waals surface area contributed by atoms with Crippen LogP contribution in [-0.2, 0) is 6.54 Å². The van der Waals surface area contributed by atoms with E-state index in [0.717, 1.165) is 48.0 Å². The minimum Gasteiger partial charge on any atom is -0.321 e. The van der Waals surface area contributed by atoms with Crippen molar-refractivity contribution in [3.63, 3.8) is 0 Å². The van der Waals surface area contributed by atoms with Crippen molar-refractivity contribution in [3.8, 4) is 0 Å². The average Bonchev–Trinajstić information content (AvgIpc) is 3.25. The van der Waals surface area contributed by atoms with Gasteiger partial charge in [-0.25, -0.2) is 4.79 Å². The molecule has 1 saturated heterocycles. The molecule has 7 heteroatoms. The first-order valence-corrected chi connectivity index (χ1v) is 11.9. The van der Waals surface area contributed by atoms with Crippen molar-refractivity contribution < 1.29 is 4.79 Å². The van der Waals surface area contributed by atoms with E-state index in [1.165, 1.54) is 0 Å². The molecule has 2 aromatic carbocycles. The van der Waals surface area contributed by atoms with Crippen LogP contribution in [-0.4, -0.2) is 46.5 Å². The number of H-pyrrole nitrogens is 1. The lowest BCUT2D eigenvalue weighted by Gasteiger charge is -2.30. The molecule has 2 N–H and O–H groups in total. The second-order valence-corrected chi connectivity index (χ2v) is 9.22. The molecular weight excluding hydrogens is 436 g/mol. The van der Waals surface area contributed by atoms with Gasteiger partial charge in [0.05, 0.1) is 22.8 Å². The number of aromatic amines is 1. The summed E-state index contributed by atoms with van der Waals surface area (Å²) < 4.78 is 0. The molecule has 2 amide bonds. The number of hydrogen-bond acceptors (Lipinski definition) is 3. The Morgan fingerprint density at radius 2 is 2.03 bits per heavy atom. The molecule has 1 aliphatic heterocycles. The van der Waals surface area contributed by atoms with E-state index < -0.39 is 0 Å². The number of rotatable bonds is 6. The second kappa shape index (κ2) is 9.98. The predicted molar refractivity (Wildman–Crippen MR) is 135 cm³/mol. The lowest BCUT2D eigenvalue weighted by Crippen LogP contribution is -2.45. The van der Waals surface area contributed by atoms with E-state index >= 15 is 0 Å². The van der Waals surface area contributed by atoms with Crippen LogP contribution in [0.2, 0.25) is 5.02 Å². The molecule has 4 rings (SSSR count). The number of para-hydroxylation sites is 1. The summed E-state index contributed by atoms with van der Waals surface area (Å²) in [7, 11) is 0. The van der Waals surface area contributed by atoms with Crippen molar-refractivity contribution in [1.82, 2.24) is 14.8 Å². The largest absolute Gasteiger partial charge is 0.322 e. The van der Waals surface area contributed by atoms with Crippen LogP contribution in [0.15, 0.2) is 47.3 Å². The fourth-order valence-corrected chi connectivity index (χ4v) is 4.82. The molecule has 0 radical (unpaired) electrons. The molecule has 0 spiro atoms. The van der Waals surface area contributed by atoms with Crippen molar-refractivity contribution in [2.45, 2.75) is 46.2 Å². The third-order valence-electron chi connectivity index (χ3n) is 6.73. The summed E-state index contributed by atoms with van der Waals surface area (Å²) in [5.41, 5.74) is 4.02. The van der Waals surface area contributed by atoms with Gasteiger partial charge in [0.25, 0.3) is 5.56 Å². The van der Waals surface area contributed by atoms with E-state index in [9.17, 15) is 9.59 Å². The van der Waals surface area contributed by atoms with Crippen LogP contribution in [0.3, 0.4) is 0 Å². The number of anilines is 1. The van der Waals surface area contributed by atoms with Gasteiger partial charge in [0, 0.05) is 18.2 Å². The van der Waals surface area contributed by atoms with Gasteiger partial charge in [-0.3, -0.25) is 9.69 Å². The summed E-state index contributed by atoms with van der Waals surface area (Å²) in [5.74, 6) is 0. The molecule has 3 aromatic rings. The number of urea groups is 1. The number of nitrogens with zero attached hydrogens (tertiary/aromatic N) is 2. The number of nitrogens with one attached hydrogen (secondary N) is 2. The fraction of sp³-hybridized carbons (Fsp3) is 0.385. The number of likely N-dealkylation sites (tertiary alicyclic amines) is 1. The van der Waals surface area contributed by atoms with Crippen molar-refractivity contribution in [3.05, 3.63) is 74.5 Å². The highest BCUT2D eigenvalue weighted by Crippen LogP contribution is 2.24. The van der Waals surface area contributed by atoms with E-state index in [-0.39, 0.29) is 24.2 Å². The molecule has 33 heavy (non-hydrogen) atoms. The molecular formula is C26H31ClN4O2.